The molecule has 0 aliphatic rings. The van der Waals surface area contributed by atoms with Gasteiger partial charge in [-0.05, 0) is 22.0 Å². The molecule has 0 aliphatic heterocycles. The third-order valence-electron chi connectivity index (χ3n) is 2.09. The summed E-state index contributed by atoms with van der Waals surface area (Å²) in [6.07, 6.45) is 2.69. The number of hydrogen-bond acceptors (Lipinski definition) is 4. The quantitative estimate of drug-likeness (QED) is 0.496. The molecule has 1 aromatic heterocycles. The van der Waals surface area contributed by atoms with E-state index >= 15 is 0 Å². The van der Waals surface area contributed by atoms with Gasteiger partial charge in [0.25, 0.3) is 0 Å². The summed E-state index contributed by atoms with van der Waals surface area (Å²) in [5.74, 6) is 0.425. The number of rotatable bonds is 3. The number of amidine groups is 1. The van der Waals surface area contributed by atoms with Crippen LogP contribution < -0.4 is 10.5 Å². The molecule has 2 rings (SSSR count). The molecule has 0 atom stereocenters. The van der Waals surface area contributed by atoms with Crippen LogP contribution in [0.5, 0.6) is 11.6 Å². The first-order valence-electron chi connectivity index (χ1n) is 4.96. The molecule has 1 aromatic carbocycles. The second kappa shape index (κ2) is 5.73. The van der Waals surface area contributed by atoms with Gasteiger partial charge >= 0.3 is 0 Å². The van der Waals surface area contributed by atoms with Crippen LogP contribution in [-0.4, -0.2) is 15.8 Å². The van der Waals surface area contributed by atoms with Crippen LogP contribution in [0.15, 0.2) is 29.0 Å². The van der Waals surface area contributed by atoms with Crippen LogP contribution in [-0.2, 0) is 0 Å². The minimum atomic E-state index is -0.163. The standard InChI is InChI=1S/C11H7BrCl2N4O/c12-5-1-7(14)9(2-6(5)13)19-10-4-17-8(3-18-10)11(15)16/h1-4H,(H3,15,16). The van der Waals surface area contributed by atoms with E-state index in [1.807, 2.05) is 0 Å². The first kappa shape index (κ1) is 14.0. The van der Waals surface area contributed by atoms with Gasteiger partial charge in [0, 0.05) is 10.5 Å². The zero-order valence-corrected chi connectivity index (χ0v) is 12.4. The number of hydrogen-bond donors (Lipinski definition) is 2. The summed E-state index contributed by atoms with van der Waals surface area (Å²) in [4.78, 5) is 7.89. The smallest absolute Gasteiger partial charge is 0.237 e. The van der Waals surface area contributed by atoms with Crippen molar-refractivity contribution in [2.75, 3.05) is 0 Å². The van der Waals surface area contributed by atoms with Crippen molar-refractivity contribution in [1.29, 1.82) is 5.41 Å². The highest BCUT2D eigenvalue weighted by atomic mass is 79.9. The summed E-state index contributed by atoms with van der Waals surface area (Å²) in [5, 5.41) is 8.05. The van der Waals surface area contributed by atoms with Crippen LogP contribution in [0, 0.1) is 5.41 Å². The Balaban J connectivity index is 2.26. The Morgan fingerprint density at radius 3 is 2.53 bits per heavy atom. The Kier molecular flexibility index (Phi) is 4.24. The SMILES string of the molecule is N=C(N)c1cnc(Oc2cc(Cl)c(Br)cc2Cl)cn1. The lowest BCUT2D eigenvalue weighted by atomic mass is 10.3. The number of halogens is 3. The van der Waals surface area contributed by atoms with Crippen LogP contribution in [0.1, 0.15) is 5.69 Å². The number of benzene rings is 1. The highest BCUT2D eigenvalue weighted by Gasteiger charge is 2.09. The predicted molar refractivity (Wildman–Crippen MR) is 77.3 cm³/mol. The fraction of sp³-hybridized carbons (Fsp3) is 0. The normalized spacial score (nSPS) is 10.3. The average Bonchev–Trinajstić information content (AvgIpc) is 2.36. The van der Waals surface area contributed by atoms with Crippen molar-refractivity contribution >= 4 is 45.0 Å². The van der Waals surface area contributed by atoms with Gasteiger partial charge in [-0.25, -0.2) is 9.97 Å². The molecular weight excluding hydrogens is 355 g/mol. The molecule has 5 nitrogen and oxygen atoms in total. The highest BCUT2D eigenvalue weighted by molar-refractivity contribution is 9.10. The van der Waals surface area contributed by atoms with Crippen LogP contribution in [0.25, 0.3) is 0 Å². The molecule has 0 bridgehead atoms. The van der Waals surface area contributed by atoms with Crippen LogP contribution in [0.2, 0.25) is 10.0 Å². The van der Waals surface area contributed by atoms with Crippen LogP contribution >= 0.6 is 39.1 Å². The fourth-order valence-electron chi connectivity index (χ4n) is 1.20. The number of aromatic nitrogens is 2. The minimum Gasteiger partial charge on any atom is -0.436 e. The summed E-state index contributed by atoms with van der Waals surface area (Å²) in [7, 11) is 0. The van der Waals surface area contributed by atoms with Gasteiger partial charge in [-0.2, -0.15) is 0 Å². The number of nitrogen functional groups attached to an aromatic ring is 1. The number of ether oxygens (including phenoxy) is 1. The van der Waals surface area contributed by atoms with E-state index in [4.69, 9.17) is 39.1 Å². The molecule has 0 fully saturated rings. The van der Waals surface area contributed by atoms with E-state index in [-0.39, 0.29) is 17.4 Å². The van der Waals surface area contributed by atoms with E-state index in [0.29, 0.717) is 20.3 Å². The minimum absolute atomic E-state index is 0.163. The van der Waals surface area contributed by atoms with Crippen molar-refractivity contribution in [3.05, 3.63) is 44.7 Å². The van der Waals surface area contributed by atoms with Crippen molar-refractivity contribution in [3.63, 3.8) is 0 Å². The molecule has 0 amide bonds. The molecule has 0 radical (unpaired) electrons. The van der Waals surface area contributed by atoms with Crippen molar-refractivity contribution in [2.24, 2.45) is 5.73 Å². The number of nitrogens with one attached hydrogen (secondary N) is 1. The largest absolute Gasteiger partial charge is 0.436 e. The zero-order valence-electron chi connectivity index (χ0n) is 9.32. The van der Waals surface area contributed by atoms with Crippen LogP contribution in [0.3, 0.4) is 0 Å². The number of nitrogens with two attached hydrogens (primary N) is 1. The van der Waals surface area contributed by atoms with E-state index < -0.39 is 0 Å². The molecule has 0 unspecified atom stereocenters. The molecule has 0 saturated heterocycles. The number of nitrogens with zero attached hydrogens (tertiary/aromatic N) is 2. The first-order chi connectivity index (χ1) is 8.97. The maximum atomic E-state index is 7.20. The third kappa shape index (κ3) is 3.34. The molecule has 1 heterocycles. The van der Waals surface area contributed by atoms with Gasteiger partial charge in [0.1, 0.15) is 17.3 Å². The Morgan fingerprint density at radius 2 is 1.95 bits per heavy atom. The van der Waals surface area contributed by atoms with Gasteiger partial charge in [0.05, 0.1) is 22.4 Å². The second-order valence-electron chi connectivity index (χ2n) is 3.45. The lowest BCUT2D eigenvalue weighted by Crippen LogP contribution is -2.13. The Bertz CT molecular complexity index is 633. The summed E-state index contributed by atoms with van der Waals surface area (Å²) in [6.45, 7) is 0. The second-order valence-corrected chi connectivity index (χ2v) is 5.12. The maximum Gasteiger partial charge on any atom is 0.237 e. The predicted octanol–water partition coefficient (Wildman–Crippen LogP) is 3.62. The highest BCUT2D eigenvalue weighted by Crippen LogP contribution is 2.35. The molecule has 98 valence electrons. The van der Waals surface area contributed by atoms with Crippen molar-refractivity contribution < 1.29 is 4.74 Å². The summed E-state index contributed by atoms with van der Waals surface area (Å²) in [6, 6.07) is 3.19. The van der Waals surface area contributed by atoms with Crippen molar-refractivity contribution in [3.8, 4) is 11.6 Å². The van der Waals surface area contributed by atoms with Gasteiger partial charge < -0.3 is 10.5 Å². The van der Waals surface area contributed by atoms with Crippen molar-refractivity contribution in [1.82, 2.24) is 9.97 Å². The summed E-state index contributed by atoms with van der Waals surface area (Å²) in [5.41, 5.74) is 5.54. The maximum absolute atomic E-state index is 7.20. The van der Waals surface area contributed by atoms with Crippen molar-refractivity contribution in [2.45, 2.75) is 0 Å². The summed E-state index contributed by atoms with van der Waals surface area (Å²) >= 11 is 15.2. The third-order valence-corrected chi connectivity index (χ3v) is 3.59. The van der Waals surface area contributed by atoms with Gasteiger partial charge in [-0.1, -0.05) is 23.2 Å². The van der Waals surface area contributed by atoms with E-state index in [1.54, 1.807) is 12.1 Å². The molecule has 0 aliphatic carbocycles. The Labute approximate surface area is 127 Å². The topological polar surface area (TPSA) is 84.9 Å². The molecule has 19 heavy (non-hydrogen) atoms. The van der Waals surface area contributed by atoms with E-state index in [2.05, 4.69) is 25.9 Å². The molecule has 0 saturated carbocycles. The van der Waals surface area contributed by atoms with Gasteiger partial charge in [0.2, 0.25) is 5.88 Å². The first-order valence-corrected chi connectivity index (χ1v) is 6.51. The van der Waals surface area contributed by atoms with E-state index in [9.17, 15) is 0 Å². The Hall–Kier alpha value is -1.37. The Morgan fingerprint density at radius 1 is 1.21 bits per heavy atom. The van der Waals surface area contributed by atoms with Gasteiger partial charge in [-0.3, -0.25) is 5.41 Å². The van der Waals surface area contributed by atoms with E-state index in [1.165, 1.54) is 12.4 Å². The fourth-order valence-corrected chi connectivity index (χ4v) is 2.03. The lowest BCUT2D eigenvalue weighted by Gasteiger charge is -2.08. The van der Waals surface area contributed by atoms with Gasteiger partial charge in [-0.15, -0.1) is 0 Å². The lowest BCUT2D eigenvalue weighted by molar-refractivity contribution is 0.460. The molecule has 8 heteroatoms. The van der Waals surface area contributed by atoms with Crippen LogP contribution in [0.4, 0.5) is 0 Å². The molecule has 3 N–H and O–H groups in total. The molecule has 0 spiro atoms. The van der Waals surface area contributed by atoms with E-state index in [0.717, 1.165) is 0 Å². The monoisotopic (exact) mass is 360 g/mol. The average molecular weight is 362 g/mol. The molecular formula is C11H7BrCl2N4O. The summed E-state index contributed by atoms with van der Waals surface area (Å²) < 4.78 is 6.13. The van der Waals surface area contributed by atoms with Gasteiger partial charge in [0.15, 0.2) is 0 Å². The molecule has 2 aromatic rings. The zero-order chi connectivity index (χ0) is 14.0.